The third kappa shape index (κ3) is 13.7. The average molecular weight is 1230 g/mol. The number of hydrogen-bond acceptors (Lipinski definition) is 12. The third-order valence-corrected chi connectivity index (χ3v) is 22.4. The Kier molecular flexibility index (Phi) is 21.8. The van der Waals surface area contributed by atoms with Crippen LogP contribution in [-0.2, 0) is 12.8 Å². The van der Waals surface area contributed by atoms with Gasteiger partial charge in [-0.1, -0.05) is 217 Å². The molecule has 0 saturated carbocycles. The van der Waals surface area contributed by atoms with Crippen molar-refractivity contribution in [3.8, 4) is 64.4 Å². The van der Waals surface area contributed by atoms with Crippen LogP contribution in [0.3, 0.4) is 0 Å². The molecule has 0 spiro atoms. The van der Waals surface area contributed by atoms with Gasteiger partial charge in [0.05, 0.1) is 24.3 Å². The molecule has 0 N–H and O–H groups in total. The van der Waals surface area contributed by atoms with E-state index in [1.165, 1.54) is 172 Å². The molecule has 11 aromatic rings. The Morgan fingerprint density at radius 2 is 0.721 bits per heavy atom. The molecule has 0 fully saturated rings. The molecule has 452 valence electrons. The lowest BCUT2D eigenvalue weighted by Crippen LogP contribution is -2.03. The van der Waals surface area contributed by atoms with Crippen molar-refractivity contribution >= 4 is 97.0 Å². The first-order valence-electron chi connectivity index (χ1n) is 32.9. The van der Waals surface area contributed by atoms with Crippen molar-refractivity contribution in [3.63, 3.8) is 0 Å². The summed E-state index contributed by atoms with van der Waals surface area (Å²) in [5.74, 6) is 1.79. The summed E-state index contributed by atoms with van der Waals surface area (Å²) in [6, 6.07) is 31.0. The molecule has 0 aliphatic heterocycles. The number of ether oxygens (including phenoxy) is 2. The smallest absolute Gasteiger partial charge is 0.148 e. The summed E-state index contributed by atoms with van der Waals surface area (Å²) >= 11 is 7.51. The van der Waals surface area contributed by atoms with Crippen LogP contribution >= 0.6 is 45.3 Å². The van der Waals surface area contributed by atoms with Crippen LogP contribution < -0.4 is 9.47 Å². The Hall–Kier alpha value is -5.92. The minimum absolute atomic E-state index is 0.640. The van der Waals surface area contributed by atoms with Crippen LogP contribution in [0.15, 0.2) is 94.2 Å². The van der Waals surface area contributed by atoms with Gasteiger partial charge >= 0.3 is 0 Å². The summed E-state index contributed by atoms with van der Waals surface area (Å²) in [5.41, 5.74) is 14.5. The molecule has 8 nitrogen and oxygen atoms in total. The molecular formula is C74H88N4O4S4. The summed E-state index contributed by atoms with van der Waals surface area (Å²) in [6.45, 7) is 14.9. The van der Waals surface area contributed by atoms with Crippen molar-refractivity contribution in [1.82, 2.24) is 20.6 Å². The highest BCUT2D eigenvalue weighted by Crippen LogP contribution is 2.55. The number of aromatic nitrogens is 4. The summed E-state index contributed by atoms with van der Waals surface area (Å²) in [4.78, 5) is 4.76. The van der Waals surface area contributed by atoms with Crippen molar-refractivity contribution in [2.45, 2.75) is 208 Å². The Bertz CT molecular complexity index is 3850. The van der Waals surface area contributed by atoms with E-state index >= 15 is 0 Å². The lowest BCUT2D eigenvalue weighted by Gasteiger charge is -2.17. The van der Waals surface area contributed by atoms with E-state index in [2.05, 4.69) is 132 Å². The maximum Gasteiger partial charge on any atom is 0.148 e. The van der Waals surface area contributed by atoms with Gasteiger partial charge in [0.15, 0.2) is 0 Å². The number of rotatable bonds is 35. The van der Waals surface area contributed by atoms with Crippen LogP contribution in [0, 0.1) is 13.8 Å². The number of unbranched alkanes of at least 4 members (excludes halogenated alkanes) is 20. The van der Waals surface area contributed by atoms with Crippen molar-refractivity contribution in [2.24, 2.45) is 0 Å². The summed E-state index contributed by atoms with van der Waals surface area (Å²) < 4.78 is 31.2. The van der Waals surface area contributed by atoms with Gasteiger partial charge in [0, 0.05) is 60.6 Å². The minimum atomic E-state index is 0.640. The molecule has 12 heteroatoms. The zero-order chi connectivity index (χ0) is 59.2. The summed E-state index contributed by atoms with van der Waals surface area (Å²) in [6.07, 6.45) is 31.1. The zero-order valence-corrected chi connectivity index (χ0v) is 55.2. The van der Waals surface area contributed by atoms with Gasteiger partial charge in [-0.15, -0.1) is 45.3 Å². The molecule has 0 saturated heterocycles. The van der Waals surface area contributed by atoms with Crippen molar-refractivity contribution < 1.29 is 18.7 Å². The number of fused-ring (bicyclic) bond motifs is 5. The highest BCUT2D eigenvalue weighted by molar-refractivity contribution is 7.31. The number of hydrogen-bond donors (Lipinski definition) is 0. The number of thiophene rings is 4. The molecule has 0 aliphatic rings. The zero-order valence-electron chi connectivity index (χ0n) is 51.9. The van der Waals surface area contributed by atoms with E-state index in [1.54, 1.807) is 0 Å². The van der Waals surface area contributed by atoms with Gasteiger partial charge < -0.3 is 9.47 Å². The lowest BCUT2D eigenvalue weighted by atomic mass is 9.92. The molecule has 0 radical (unpaired) electrons. The quantitative estimate of drug-likeness (QED) is 0.0363. The topological polar surface area (TPSA) is 96.3 Å². The fraction of sp³-hybridized carbons (Fsp3) is 0.459. The first-order chi connectivity index (χ1) is 42.4. The fourth-order valence-corrected chi connectivity index (χ4v) is 18.1. The number of aryl methyl sites for hydroxylation is 2. The Balaban J connectivity index is 1.08. The highest BCUT2D eigenvalue weighted by Gasteiger charge is 2.31. The molecule has 0 atom stereocenters. The molecule has 6 aromatic heterocycles. The van der Waals surface area contributed by atoms with Crippen LogP contribution in [0.2, 0.25) is 0 Å². The SMILES string of the molecule is CCCCCCCCOc1c(C)c(-c2ccccc2)c2nonc2c1-c1cc2c(CCCCCCCC)c3sc(-c4c(C)c(OCCCCCCCC)c(-c5cc6sc(-c7ccccc7)cc6s5)c5nonc45)cc3c(CCCCCCCC)c2s1. The second-order valence-corrected chi connectivity index (χ2v) is 28.2. The van der Waals surface area contributed by atoms with Gasteiger partial charge in [0.25, 0.3) is 0 Å². The predicted octanol–water partition coefficient (Wildman–Crippen LogP) is 24.7. The predicted molar refractivity (Wildman–Crippen MR) is 370 cm³/mol. The normalized spacial score (nSPS) is 12.0. The number of benzene rings is 5. The molecule has 86 heavy (non-hydrogen) atoms. The summed E-state index contributed by atoms with van der Waals surface area (Å²) in [7, 11) is 0. The fourth-order valence-electron chi connectivity index (χ4n) is 12.9. The molecule has 6 heterocycles. The van der Waals surface area contributed by atoms with Gasteiger partial charge in [0.2, 0.25) is 0 Å². The van der Waals surface area contributed by atoms with Crippen molar-refractivity contribution in [1.29, 1.82) is 0 Å². The molecule has 0 unspecified atom stereocenters. The second kappa shape index (κ2) is 30.3. The van der Waals surface area contributed by atoms with E-state index in [4.69, 9.17) is 34.2 Å². The first kappa shape index (κ1) is 61.7. The van der Waals surface area contributed by atoms with Crippen LogP contribution in [0.5, 0.6) is 11.5 Å². The largest absolute Gasteiger partial charge is 0.493 e. The molecular weight excluding hydrogens is 1140 g/mol. The van der Waals surface area contributed by atoms with Crippen LogP contribution in [0.25, 0.3) is 105 Å². The maximum atomic E-state index is 7.15. The highest BCUT2D eigenvalue weighted by atomic mass is 32.1. The van der Waals surface area contributed by atoms with Crippen molar-refractivity contribution in [3.05, 3.63) is 107 Å². The second-order valence-electron chi connectivity index (χ2n) is 23.9. The summed E-state index contributed by atoms with van der Waals surface area (Å²) in [5, 5.41) is 21.8. The van der Waals surface area contributed by atoms with Crippen LogP contribution in [0.1, 0.15) is 204 Å². The van der Waals surface area contributed by atoms with Crippen LogP contribution in [-0.4, -0.2) is 33.8 Å². The van der Waals surface area contributed by atoms with E-state index in [-0.39, 0.29) is 0 Å². The van der Waals surface area contributed by atoms with E-state index in [9.17, 15) is 0 Å². The molecule has 0 amide bonds. The first-order valence-corrected chi connectivity index (χ1v) is 36.2. The van der Waals surface area contributed by atoms with Gasteiger partial charge in [-0.05, 0) is 130 Å². The maximum absolute atomic E-state index is 7.15. The minimum Gasteiger partial charge on any atom is -0.493 e. The van der Waals surface area contributed by atoms with E-state index in [1.807, 2.05) is 45.3 Å². The Morgan fingerprint density at radius 1 is 0.360 bits per heavy atom. The molecule has 5 aromatic carbocycles. The number of nitrogens with zero attached hydrogens (tertiary/aromatic N) is 4. The van der Waals surface area contributed by atoms with Crippen LogP contribution in [0.4, 0.5) is 0 Å². The Labute approximate surface area is 526 Å². The monoisotopic (exact) mass is 1220 g/mol. The van der Waals surface area contributed by atoms with E-state index in [0.29, 0.717) is 13.2 Å². The third-order valence-electron chi connectivity index (χ3n) is 17.6. The van der Waals surface area contributed by atoms with E-state index in [0.717, 1.165) is 134 Å². The van der Waals surface area contributed by atoms with Gasteiger partial charge in [-0.25, -0.2) is 9.26 Å². The van der Waals surface area contributed by atoms with Crippen molar-refractivity contribution in [2.75, 3.05) is 13.2 Å². The van der Waals surface area contributed by atoms with E-state index < -0.39 is 0 Å². The van der Waals surface area contributed by atoms with Gasteiger partial charge in [-0.2, -0.15) is 0 Å². The molecule has 0 bridgehead atoms. The van der Waals surface area contributed by atoms with Gasteiger partial charge in [-0.3, -0.25) is 0 Å². The van der Waals surface area contributed by atoms with Gasteiger partial charge in [0.1, 0.15) is 33.6 Å². The molecule has 0 aliphatic carbocycles. The standard InChI is InChI=1S/C74H88N4O4S4/c1-7-11-15-19-23-33-41-53-55-45-60(64-50(6)72(80-44-36-26-22-18-14-10-4)66(70-68(64)76-82-78-70)62-48-59-58(84-62)47-57(83-59)51-37-29-27-30-38-51)85-73(55)54(42-34-24-20-16-12-8-2)56-46-61(86-74(53)56)65-69-67(75-81-77-69)63(52-39-31-28-32-40-52)49(5)71(65)79-43-35-25-21-17-13-9-3/h27-32,37-40,45-48H,7-26,33-36,41-44H2,1-6H3. The molecule has 11 rings (SSSR count). The Morgan fingerprint density at radius 3 is 1.20 bits per heavy atom. The lowest BCUT2D eigenvalue weighted by molar-refractivity contribution is 0.303. The average Bonchev–Trinajstić information content (AvgIpc) is 1.74.